The van der Waals surface area contributed by atoms with E-state index in [9.17, 15) is 33.5 Å². The van der Waals surface area contributed by atoms with Crippen LogP contribution in [0.25, 0.3) is 0 Å². The van der Waals surface area contributed by atoms with Crippen LogP contribution in [0, 0.1) is 5.92 Å². The SMILES string of the molecule is CCCCC/C=C\C=C\C(=O)CCCCCCCC(=O)OC[C@H](COP(=O)(O)OC[C@@H](O)COP(=O)(O)O)OC(=O)CCCCCCCCC(C)C. The Bertz CT molecular complexity index is 1100. The molecule has 0 aliphatic carbocycles. The Morgan fingerprint density at radius 1 is 0.654 bits per heavy atom. The van der Waals surface area contributed by atoms with Crippen LogP contribution >= 0.6 is 15.6 Å². The summed E-state index contributed by atoms with van der Waals surface area (Å²) in [5.41, 5.74) is 0. The molecule has 0 aromatic carbocycles. The number of hydrogen-bond donors (Lipinski definition) is 4. The lowest BCUT2D eigenvalue weighted by Crippen LogP contribution is -2.30. The van der Waals surface area contributed by atoms with Gasteiger partial charge in [-0.05, 0) is 44.1 Å². The van der Waals surface area contributed by atoms with Crippen molar-refractivity contribution in [2.24, 2.45) is 5.92 Å². The summed E-state index contributed by atoms with van der Waals surface area (Å²) in [6.45, 7) is 3.74. The van der Waals surface area contributed by atoms with Gasteiger partial charge in [-0.2, -0.15) is 0 Å². The van der Waals surface area contributed by atoms with E-state index >= 15 is 0 Å². The third-order valence-corrected chi connectivity index (χ3v) is 9.17. The predicted molar refractivity (Wildman–Crippen MR) is 198 cm³/mol. The molecule has 0 fully saturated rings. The van der Waals surface area contributed by atoms with Crippen LogP contribution in [0.3, 0.4) is 0 Å². The maximum Gasteiger partial charge on any atom is 0.472 e. The van der Waals surface area contributed by atoms with E-state index in [1.807, 2.05) is 6.08 Å². The highest BCUT2D eigenvalue weighted by Crippen LogP contribution is 2.43. The van der Waals surface area contributed by atoms with Crippen LogP contribution in [-0.4, -0.2) is 76.1 Å². The molecule has 4 N–H and O–H groups in total. The normalized spacial score (nSPS) is 14.5. The molecule has 1 unspecified atom stereocenters. The van der Waals surface area contributed by atoms with Gasteiger partial charge in [0.2, 0.25) is 0 Å². The van der Waals surface area contributed by atoms with Crippen molar-refractivity contribution in [2.75, 3.05) is 26.4 Å². The molecule has 304 valence electrons. The lowest BCUT2D eigenvalue weighted by Gasteiger charge is -2.20. The van der Waals surface area contributed by atoms with Crippen LogP contribution in [-0.2, 0) is 46.6 Å². The minimum absolute atomic E-state index is 0.0861. The Labute approximate surface area is 310 Å². The lowest BCUT2D eigenvalue weighted by molar-refractivity contribution is -0.161. The number of esters is 2. The topological polar surface area (TPSA) is 212 Å². The Balaban J connectivity index is 4.64. The van der Waals surface area contributed by atoms with Crippen molar-refractivity contribution in [3.05, 3.63) is 24.3 Å². The van der Waals surface area contributed by atoms with Crippen molar-refractivity contribution in [1.82, 2.24) is 0 Å². The molecule has 0 aliphatic rings. The molecule has 52 heavy (non-hydrogen) atoms. The van der Waals surface area contributed by atoms with Gasteiger partial charge in [0.05, 0.1) is 19.8 Å². The number of hydrogen-bond acceptors (Lipinski definition) is 11. The van der Waals surface area contributed by atoms with E-state index in [4.69, 9.17) is 23.8 Å². The highest BCUT2D eigenvalue weighted by atomic mass is 31.2. The van der Waals surface area contributed by atoms with E-state index in [2.05, 4.69) is 35.9 Å². The second-order valence-corrected chi connectivity index (χ2v) is 16.1. The molecule has 0 bridgehead atoms. The maximum atomic E-state index is 12.5. The minimum Gasteiger partial charge on any atom is -0.462 e. The van der Waals surface area contributed by atoms with Gasteiger partial charge in [-0.15, -0.1) is 0 Å². The van der Waals surface area contributed by atoms with Crippen molar-refractivity contribution in [1.29, 1.82) is 0 Å². The quantitative estimate of drug-likeness (QED) is 0.0159. The fraction of sp³-hybridized carbons (Fsp3) is 0.806. The van der Waals surface area contributed by atoms with Crippen LogP contribution in [0.4, 0.5) is 0 Å². The molecular weight excluding hydrogens is 718 g/mol. The summed E-state index contributed by atoms with van der Waals surface area (Å²) >= 11 is 0. The number of carbonyl (C=O) groups is 3. The van der Waals surface area contributed by atoms with Gasteiger partial charge in [0.25, 0.3) is 0 Å². The Kier molecular flexibility index (Phi) is 30.6. The molecule has 0 spiro atoms. The number of allylic oxidation sites excluding steroid dienone is 4. The monoisotopic (exact) mass is 784 g/mol. The Hall–Kier alpha value is -1.73. The summed E-state index contributed by atoms with van der Waals surface area (Å²) in [4.78, 5) is 64.3. The van der Waals surface area contributed by atoms with E-state index in [-0.39, 0.29) is 18.6 Å². The van der Waals surface area contributed by atoms with Crippen molar-refractivity contribution in [2.45, 2.75) is 155 Å². The number of aliphatic hydroxyl groups excluding tert-OH is 1. The largest absolute Gasteiger partial charge is 0.472 e. The first-order valence-corrected chi connectivity index (χ1v) is 21.9. The zero-order valence-electron chi connectivity index (χ0n) is 31.6. The van der Waals surface area contributed by atoms with Gasteiger partial charge in [-0.25, -0.2) is 9.13 Å². The summed E-state index contributed by atoms with van der Waals surface area (Å²) in [5, 5.41) is 9.69. The number of ketones is 1. The average Bonchev–Trinajstić information content (AvgIpc) is 3.07. The molecule has 0 heterocycles. The van der Waals surface area contributed by atoms with Gasteiger partial charge in [-0.1, -0.05) is 110 Å². The molecule has 0 amide bonds. The predicted octanol–water partition coefficient (Wildman–Crippen LogP) is 7.81. The first-order valence-electron chi connectivity index (χ1n) is 18.8. The second kappa shape index (κ2) is 31.6. The van der Waals surface area contributed by atoms with Crippen LogP contribution in [0.2, 0.25) is 0 Å². The highest BCUT2D eigenvalue weighted by molar-refractivity contribution is 7.47. The maximum absolute atomic E-state index is 12.5. The Morgan fingerprint density at radius 3 is 1.83 bits per heavy atom. The smallest absolute Gasteiger partial charge is 0.462 e. The van der Waals surface area contributed by atoms with Gasteiger partial charge in [-0.3, -0.25) is 28.0 Å². The molecule has 0 radical (unpaired) electrons. The number of phosphoric acid groups is 2. The van der Waals surface area contributed by atoms with Crippen molar-refractivity contribution in [3.63, 3.8) is 0 Å². The van der Waals surface area contributed by atoms with Gasteiger partial charge in [0.1, 0.15) is 12.7 Å². The Morgan fingerprint density at radius 2 is 1.21 bits per heavy atom. The number of ether oxygens (including phenoxy) is 2. The molecule has 14 nitrogen and oxygen atoms in total. The fourth-order valence-electron chi connectivity index (χ4n) is 4.81. The summed E-state index contributed by atoms with van der Waals surface area (Å²) in [6.07, 6.45) is 20.5. The van der Waals surface area contributed by atoms with Crippen molar-refractivity contribution in [3.8, 4) is 0 Å². The fourth-order valence-corrected chi connectivity index (χ4v) is 5.96. The van der Waals surface area contributed by atoms with Crippen molar-refractivity contribution < 1.29 is 66.3 Å². The summed E-state index contributed by atoms with van der Waals surface area (Å²) in [6, 6.07) is 0. The number of unbranched alkanes of at least 4 members (excludes halogenated alkanes) is 12. The van der Waals surface area contributed by atoms with Gasteiger partial charge in [0.15, 0.2) is 11.9 Å². The first kappa shape index (κ1) is 50.3. The van der Waals surface area contributed by atoms with Crippen LogP contribution < -0.4 is 0 Å². The van der Waals surface area contributed by atoms with Gasteiger partial charge >= 0.3 is 27.6 Å². The number of rotatable bonds is 35. The van der Waals surface area contributed by atoms with E-state index in [1.54, 1.807) is 12.2 Å². The van der Waals surface area contributed by atoms with E-state index in [0.717, 1.165) is 64.2 Å². The highest BCUT2D eigenvalue weighted by Gasteiger charge is 2.28. The third-order valence-electron chi connectivity index (χ3n) is 7.74. The molecule has 0 saturated heterocycles. The number of carbonyl (C=O) groups excluding carboxylic acids is 3. The zero-order valence-corrected chi connectivity index (χ0v) is 33.4. The second-order valence-electron chi connectivity index (χ2n) is 13.4. The van der Waals surface area contributed by atoms with Crippen LogP contribution in [0.5, 0.6) is 0 Å². The molecule has 0 aromatic heterocycles. The number of aliphatic hydroxyl groups is 1. The third kappa shape index (κ3) is 35.3. The molecule has 0 aromatic rings. The first-order chi connectivity index (χ1) is 24.6. The molecular formula is C36H66O14P2. The standard InChI is InChI=1S/C36H66O14P2/c1-4-5-6-7-8-13-18-23-32(37)24-19-14-11-16-20-25-35(39)46-29-34(50-36(40)26-21-15-10-9-12-17-22-31(2)3)30-49-52(44,45)48-28-33(38)27-47-51(41,42)43/h8,13,18,23,31,33-34,38H,4-7,9-12,14-17,19-22,24-30H2,1-3H3,(H,44,45)(H2,41,42,43)/b13-8-,23-18+/t33-,34+/m0/s1. The number of phosphoric ester groups is 2. The summed E-state index contributed by atoms with van der Waals surface area (Å²) < 4.78 is 47.4. The van der Waals surface area contributed by atoms with E-state index < -0.39 is 66.2 Å². The average molecular weight is 785 g/mol. The molecule has 0 rings (SSSR count). The van der Waals surface area contributed by atoms with Gasteiger partial charge in [0, 0.05) is 19.3 Å². The molecule has 0 saturated carbocycles. The molecule has 16 heteroatoms. The van der Waals surface area contributed by atoms with Crippen LogP contribution in [0.1, 0.15) is 143 Å². The lowest BCUT2D eigenvalue weighted by atomic mass is 10.0. The summed E-state index contributed by atoms with van der Waals surface area (Å²) in [5.74, 6) is -0.365. The minimum atomic E-state index is -4.87. The molecule has 0 aliphatic heterocycles. The molecule has 3 atom stereocenters. The summed E-state index contributed by atoms with van der Waals surface area (Å²) in [7, 11) is -9.69. The van der Waals surface area contributed by atoms with Crippen molar-refractivity contribution >= 4 is 33.4 Å². The van der Waals surface area contributed by atoms with Crippen LogP contribution in [0.15, 0.2) is 24.3 Å². The van der Waals surface area contributed by atoms with E-state index in [0.29, 0.717) is 25.2 Å². The van der Waals surface area contributed by atoms with Gasteiger partial charge < -0.3 is 29.3 Å². The zero-order chi connectivity index (χ0) is 39.1. The van der Waals surface area contributed by atoms with E-state index in [1.165, 1.54) is 25.7 Å².